The zero-order chi connectivity index (χ0) is 24.2. The number of hydrogen-bond acceptors (Lipinski definition) is 7. The van der Waals surface area contributed by atoms with Crippen molar-refractivity contribution < 1.29 is 14.3 Å². The van der Waals surface area contributed by atoms with E-state index < -0.39 is 5.92 Å². The molecule has 7 nitrogen and oxygen atoms in total. The van der Waals surface area contributed by atoms with Gasteiger partial charge in [0.2, 0.25) is 0 Å². The molecular formula is C25H22N4O3S. The molecular weight excluding hydrogens is 436 g/mol. The second kappa shape index (κ2) is 12.6. The lowest BCUT2D eigenvalue weighted by atomic mass is 10.0. The third-order valence-electron chi connectivity index (χ3n) is 4.58. The SMILES string of the molecule is COc1cccc(-c2cc(C#N)c(SC)[nH]2)c1.COc1cccc(C(=O)CC(C#N)C#N)c1. The summed E-state index contributed by atoms with van der Waals surface area (Å²) in [5.74, 6) is 0.267. The fraction of sp³-hybridized carbons (Fsp3) is 0.200. The monoisotopic (exact) mass is 458 g/mol. The van der Waals surface area contributed by atoms with Gasteiger partial charge >= 0.3 is 0 Å². The van der Waals surface area contributed by atoms with Gasteiger partial charge in [-0.25, -0.2) is 0 Å². The summed E-state index contributed by atoms with van der Waals surface area (Å²) in [6.07, 6.45) is 1.86. The van der Waals surface area contributed by atoms with Crippen LogP contribution in [0.3, 0.4) is 0 Å². The quantitative estimate of drug-likeness (QED) is 0.380. The molecule has 0 aliphatic carbocycles. The molecule has 0 saturated heterocycles. The van der Waals surface area contributed by atoms with Gasteiger partial charge in [0.05, 0.1) is 36.9 Å². The van der Waals surface area contributed by atoms with E-state index >= 15 is 0 Å². The van der Waals surface area contributed by atoms with Crippen molar-refractivity contribution in [3.63, 3.8) is 0 Å². The van der Waals surface area contributed by atoms with Gasteiger partial charge in [0.15, 0.2) is 5.78 Å². The number of nitriles is 3. The standard InChI is InChI=1S/C13H12N2OS.C12H10N2O2/c1-16-11-5-3-4-9(6-11)12-7-10(8-14)13(15-12)17-2;1-16-11-4-2-3-10(6-11)12(15)5-9(7-13)8-14/h3-7,15H,1-2H3;2-4,6,9H,5H2,1H3. The number of methoxy groups -OCH3 is 2. The number of ketones is 1. The van der Waals surface area contributed by atoms with Crippen LogP contribution in [0.5, 0.6) is 11.5 Å². The predicted molar refractivity (Wildman–Crippen MR) is 126 cm³/mol. The van der Waals surface area contributed by atoms with E-state index in [-0.39, 0.29) is 12.2 Å². The van der Waals surface area contributed by atoms with Crippen LogP contribution in [0.1, 0.15) is 22.3 Å². The number of aromatic amines is 1. The van der Waals surface area contributed by atoms with Crippen molar-refractivity contribution in [2.75, 3.05) is 20.5 Å². The number of nitrogens with one attached hydrogen (secondary N) is 1. The largest absolute Gasteiger partial charge is 0.497 e. The Morgan fingerprint density at radius 2 is 1.64 bits per heavy atom. The molecule has 0 aliphatic rings. The van der Waals surface area contributed by atoms with Gasteiger partial charge in [0, 0.05) is 23.2 Å². The highest BCUT2D eigenvalue weighted by Gasteiger charge is 2.14. The molecule has 33 heavy (non-hydrogen) atoms. The highest BCUT2D eigenvalue weighted by atomic mass is 32.2. The molecule has 166 valence electrons. The van der Waals surface area contributed by atoms with Gasteiger partial charge < -0.3 is 14.5 Å². The topological polar surface area (TPSA) is 123 Å². The maximum atomic E-state index is 11.7. The van der Waals surface area contributed by atoms with Crippen LogP contribution in [-0.4, -0.2) is 31.2 Å². The van der Waals surface area contributed by atoms with Gasteiger partial charge in [-0.05, 0) is 36.6 Å². The van der Waals surface area contributed by atoms with Crippen LogP contribution in [0.15, 0.2) is 59.6 Å². The Labute approximate surface area is 197 Å². The Kier molecular flexibility index (Phi) is 9.58. The first kappa shape index (κ1) is 25.1. The summed E-state index contributed by atoms with van der Waals surface area (Å²) in [6.45, 7) is 0. The first-order valence-corrected chi connectivity index (χ1v) is 11.0. The van der Waals surface area contributed by atoms with Crippen molar-refractivity contribution in [3.05, 3.63) is 65.7 Å². The van der Waals surface area contributed by atoms with E-state index in [0.29, 0.717) is 16.9 Å². The lowest BCUT2D eigenvalue weighted by Crippen LogP contribution is -2.05. The van der Waals surface area contributed by atoms with Crippen LogP contribution in [0.4, 0.5) is 0 Å². The van der Waals surface area contributed by atoms with E-state index in [9.17, 15) is 4.79 Å². The number of benzene rings is 2. The van der Waals surface area contributed by atoms with Crippen LogP contribution in [0.2, 0.25) is 0 Å². The maximum Gasteiger partial charge on any atom is 0.165 e. The molecule has 0 fully saturated rings. The highest BCUT2D eigenvalue weighted by Crippen LogP contribution is 2.28. The van der Waals surface area contributed by atoms with E-state index in [2.05, 4.69) is 11.1 Å². The smallest absolute Gasteiger partial charge is 0.165 e. The Morgan fingerprint density at radius 1 is 1.00 bits per heavy atom. The first-order chi connectivity index (χ1) is 16.0. The molecule has 0 unspecified atom stereocenters. The number of rotatable bonds is 7. The molecule has 1 heterocycles. The summed E-state index contributed by atoms with van der Waals surface area (Å²) >= 11 is 1.54. The fourth-order valence-electron chi connectivity index (χ4n) is 2.85. The van der Waals surface area contributed by atoms with Crippen LogP contribution in [0.25, 0.3) is 11.3 Å². The van der Waals surface area contributed by atoms with E-state index in [1.165, 1.54) is 18.9 Å². The van der Waals surface area contributed by atoms with Crippen LogP contribution in [0, 0.1) is 39.9 Å². The summed E-state index contributed by atoms with van der Waals surface area (Å²) in [7, 11) is 3.15. The van der Waals surface area contributed by atoms with Crippen LogP contribution >= 0.6 is 11.8 Å². The van der Waals surface area contributed by atoms with Gasteiger partial charge in [-0.3, -0.25) is 4.79 Å². The number of carbonyl (C=O) groups excluding carboxylic acids is 1. The number of Topliss-reactive ketones (excluding diaryl/α,β-unsaturated/α-hetero) is 1. The van der Waals surface area contributed by atoms with E-state index in [0.717, 1.165) is 22.0 Å². The van der Waals surface area contributed by atoms with Gasteiger partial charge in [0.1, 0.15) is 23.5 Å². The molecule has 0 bridgehead atoms. The normalized spacial score (nSPS) is 9.61. The molecule has 0 saturated carbocycles. The summed E-state index contributed by atoms with van der Waals surface area (Å²) in [5, 5.41) is 27.0. The van der Waals surface area contributed by atoms with Gasteiger partial charge in [-0.15, -0.1) is 11.8 Å². The molecule has 1 N–H and O–H groups in total. The Balaban J connectivity index is 0.000000234. The number of hydrogen-bond donors (Lipinski definition) is 1. The molecule has 1 aromatic heterocycles. The molecule has 2 aromatic carbocycles. The number of nitrogens with zero attached hydrogens (tertiary/aromatic N) is 3. The summed E-state index contributed by atoms with van der Waals surface area (Å²) in [4.78, 5) is 14.9. The summed E-state index contributed by atoms with van der Waals surface area (Å²) in [5.41, 5.74) is 3.08. The number of ether oxygens (including phenoxy) is 2. The van der Waals surface area contributed by atoms with Crippen molar-refractivity contribution in [1.82, 2.24) is 4.98 Å². The summed E-state index contributed by atoms with van der Waals surface area (Å²) in [6, 6.07) is 22.0. The number of carbonyl (C=O) groups is 1. The fourth-order valence-corrected chi connectivity index (χ4v) is 3.38. The molecule has 8 heteroatoms. The second-order valence-electron chi connectivity index (χ2n) is 6.64. The molecule has 0 atom stereocenters. The predicted octanol–water partition coefficient (Wildman–Crippen LogP) is 5.22. The lowest BCUT2D eigenvalue weighted by Gasteiger charge is -2.03. The van der Waals surface area contributed by atoms with E-state index in [1.807, 2.05) is 36.6 Å². The second-order valence-corrected chi connectivity index (χ2v) is 7.46. The average Bonchev–Trinajstić information content (AvgIpc) is 3.31. The molecule has 0 radical (unpaired) electrons. The van der Waals surface area contributed by atoms with Crippen molar-refractivity contribution in [3.8, 4) is 41.0 Å². The number of thioether (sulfide) groups is 1. The minimum atomic E-state index is -0.890. The first-order valence-electron chi connectivity index (χ1n) is 9.77. The van der Waals surface area contributed by atoms with Crippen LogP contribution in [-0.2, 0) is 0 Å². The Hall–Kier alpha value is -4.19. The van der Waals surface area contributed by atoms with Gasteiger partial charge in [0.25, 0.3) is 0 Å². The average molecular weight is 459 g/mol. The Morgan fingerprint density at radius 3 is 2.18 bits per heavy atom. The molecule has 0 amide bonds. The van der Waals surface area contributed by atoms with Gasteiger partial charge in [-0.2, -0.15) is 15.8 Å². The zero-order valence-electron chi connectivity index (χ0n) is 18.5. The Bertz CT molecular complexity index is 1220. The van der Waals surface area contributed by atoms with E-state index in [4.69, 9.17) is 25.3 Å². The van der Waals surface area contributed by atoms with Crippen molar-refractivity contribution in [2.45, 2.75) is 11.4 Å². The third kappa shape index (κ3) is 6.90. The summed E-state index contributed by atoms with van der Waals surface area (Å²) < 4.78 is 10.2. The number of aromatic nitrogens is 1. The van der Waals surface area contributed by atoms with Crippen molar-refractivity contribution >= 4 is 17.5 Å². The minimum absolute atomic E-state index is 0.0832. The zero-order valence-corrected chi connectivity index (χ0v) is 19.3. The molecule has 3 rings (SSSR count). The van der Waals surface area contributed by atoms with Crippen molar-refractivity contribution in [1.29, 1.82) is 15.8 Å². The maximum absolute atomic E-state index is 11.7. The van der Waals surface area contributed by atoms with E-state index in [1.54, 1.807) is 43.5 Å². The lowest BCUT2D eigenvalue weighted by molar-refractivity contribution is 0.0976. The van der Waals surface area contributed by atoms with Crippen molar-refractivity contribution in [2.24, 2.45) is 5.92 Å². The molecule has 0 aliphatic heterocycles. The van der Waals surface area contributed by atoms with Gasteiger partial charge in [-0.1, -0.05) is 24.3 Å². The number of H-pyrrole nitrogens is 1. The minimum Gasteiger partial charge on any atom is -0.497 e. The van der Waals surface area contributed by atoms with Crippen LogP contribution < -0.4 is 9.47 Å². The molecule has 0 spiro atoms. The molecule has 3 aromatic rings. The third-order valence-corrected chi connectivity index (χ3v) is 5.31. The highest BCUT2D eigenvalue weighted by molar-refractivity contribution is 7.98.